The maximum absolute atomic E-state index is 12.9. The molecule has 2 fully saturated rings. The smallest absolute Gasteiger partial charge is 0.328 e. The summed E-state index contributed by atoms with van der Waals surface area (Å²) in [6.07, 6.45) is 2.38. The summed E-state index contributed by atoms with van der Waals surface area (Å²) in [5, 5.41) is 0. The van der Waals surface area contributed by atoms with Gasteiger partial charge in [0.25, 0.3) is 0 Å². The molecule has 4 amide bonds. The van der Waals surface area contributed by atoms with Crippen LogP contribution in [0.2, 0.25) is 0 Å². The van der Waals surface area contributed by atoms with E-state index >= 15 is 0 Å². The van der Waals surface area contributed by atoms with Gasteiger partial charge >= 0.3 is 18.0 Å². The molecule has 0 saturated carbocycles. The lowest BCUT2D eigenvalue weighted by atomic mass is 10.3. The summed E-state index contributed by atoms with van der Waals surface area (Å²) in [7, 11) is 3.06. The molecule has 0 aliphatic carbocycles. The van der Waals surface area contributed by atoms with Gasteiger partial charge in [0, 0.05) is 27.7 Å². The number of nitrogens with zero attached hydrogens (tertiary/aromatic N) is 4. The summed E-state index contributed by atoms with van der Waals surface area (Å²) in [6, 6.07) is -0.645. The number of amides is 4. The van der Waals surface area contributed by atoms with E-state index in [1.807, 2.05) is 13.0 Å². The molecule has 0 bridgehead atoms. The molecule has 11 heteroatoms. The molecule has 2 aliphatic heterocycles. The predicted octanol–water partition coefficient (Wildman–Crippen LogP) is 0.435. The molecule has 11 nitrogen and oxygen atoms in total. The highest BCUT2D eigenvalue weighted by Crippen LogP contribution is 2.34. The molecule has 0 aromatic rings. The predicted molar refractivity (Wildman–Crippen MR) is 96.6 cm³/mol. The third-order valence-electron chi connectivity index (χ3n) is 4.42. The molecule has 2 unspecified atom stereocenters. The largest absolute Gasteiger partial charge is 0.444 e. The van der Waals surface area contributed by atoms with Gasteiger partial charge < -0.3 is 23.8 Å². The first-order valence-electron chi connectivity index (χ1n) is 8.96. The number of fused-ring (bicyclic) bond motifs is 1. The Bertz CT molecular complexity index is 600. The van der Waals surface area contributed by atoms with Crippen molar-refractivity contribution in [1.29, 1.82) is 0 Å². The summed E-state index contributed by atoms with van der Waals surface area (Å²) in [6.45, 7) is 3.99. The van der Waals surface area contributed by atoms with E-state index in [1.165, 1.54) is 28.7 Å². The molecule has 0 radical (unpaired) electrons. The van der Waals surface area contributed by atoms with E-state index in [-0.39, 0.29) is 32.3 Å². The van der Waals surface area contributed by atoms with Crippen molar-refractivity contribution in [2.24, 2.45) is 0 Å². The molecule has 2 aliphatic rings. The van der Waals surface area contributed by atoms with Crippen molar-refractivity contribution in [2.75, 3.05) is 54.2 Å². The van der Waals surface area contributed by atoms with Crippen molar-refractivity contribution in [1.82, 2.24) is 19.6 Å². The monoisotopic (exact) mass is 400 g/mol. The van der Waals surface area contributed by atoms with E-state index in [0.29, 0.717) is 19.8 Å². The maximum Gasteiger partial charge on any atom is 0.328 e. The Morgan fingerprint density at radius 3 is 2.07 bits per heavy atom. The number of esters is 1. The maximum atomic E-state index is 12.9. The number of likely N-dealkylation sites (N-methyl/N-ethyl adjacent to an activating group) is 1. The normalized spacial score (nSPS) is 22.0. The Morgan fingerprint density at radius 2 is 1.46 bits per heavy atom. The Kier molecular flexibility index (Phi) is 8.03. The van der Waals surface area contributed by atoms with E-state index in [4.69, 9.17) is 18.9 Å². The molecule has 0 spiro atoms. The molecule has 2 rings (SSSR count). The molecule has 0 aromatic heterocycles. The molecular formula is C17H28N4O7. The van der Waals surface area contributed by atoms with E-state index in [0.717, 1.165) is 0 Å². The second kappa shape index (κ2) is 10.2. The summed E-state index contributed by atoms with van der Waals surface area (Å²) < 4.78 is 20.7. The lowest BCUT2D eigenvalue weighted by Gasteiger charge is -2.28. The Hall–Kier alpha value is -2.37. The van der Waals surface area contributed by atoms with Crippen LogP contribution in [0.5, 0.6) is 0 Å². The average molecular weight is 400 g/mol. The van der Waals surface area contributed by atoms with Gasteiger partial charge in [0.15, 0.2) is 19.1 Å². The number of rotatable bonds is 11. The molecule has 2 saturated heterocycles. The molecular weight excluding hydrogens is 372 g/mol. The van der Waals surface area contributed by atoms with Gasteiger partial charge in [-0.05, 0) is 6.92 Å². The van der Waals surface area contributed by atoms with Crippen LogP contribution in [0.4, 0.5) is 9.59 Å². The average Bonchev–Trinajstić information content (AvgIpc) is 3.08. The van der Waals surface area contributed by atoms with Crippen molar-refractivity contribution in [2.45, 2.75) is 26.2 Å². The zero-order valence-electron chi connectivity index (χ0n) is 16.7. The fraction of sp³-hybridized carbons (Fsp3) is 0.706. The summed E-state index contributed by atoms with van der Waals surface area (Å²) >= 11 is 0. The molecule has 0 aromatic carbocycles. The molecule has 158 valence electrons. The highest BCUT2D eigenvalue weighted by molar-refractivity contribution is 5.85. The number of methoxy groups -OCH3 is 2. The first-order valence-corrected chi connectivity index (χ1v) is 8.96. The second-order valence-corrected chi connectivity index (χ2v) is 6.20. The fourth-order valence-electron chi connectivity index (χ4n) is 3.23. The van der Waals surface area contributed by atoms with Crippen molar-refractivity contribution < 1.29 is 33.3 Å². The van der Waals surface area contributed by atoms with Gasteiger partial charge in [-0.3, -0.25) is 19.5 Å². The van der Waals surface area contributed by atoms with E-state index in [9.17, 15) is 14.4 Å². The summed E-state index contributed by atoms with van der Waals surface area (Å²) in [5.41, 5.74) is 0. The number of carbonyl (C=O) groups excluding carboxylic acids is 3. The minimum atomic E-state index is -0.613. The first kappa shape index (κ1) is 21.9. The zero-order chi connectivity index (χ0) is 20.7. The Balaban J connectivity index is 2.17. The third kappa shape index (κ3) is 4.54. The van der Waals surface area contributed by atoms with Gasteiger partial charge in [-0.25, -0.2) is 9.59 Å². The number of carbonyl (C=O) groups is 3. The number of ether oxygens (including phenoxy) is 4. The number of hydrogen-bond acceptors (Lipinski definition) is 7. The van der Waals surface area contributed by atoms with Gasteiger partial charge in [0.2, 0.25) is 0 Å². The second-order valence-electron chi connectivity index (χ2n) is 6.20. The molecule has 2 atom stereocenters. The molecule has 0 N–H and O–H groups in total. The molecule has 28 heavy (non-hydrogen) atoms. The topological polar surface area (TPSA) is 101 Å². The van der Waals surface area contributed by atoms with Crippen LogP contribution in [-0.2, 0) is 23.7 Å². The van der Waals surface area contributed by atoms with Crippen LogP contribution in [0, 0.1) is 0 Å². The van der Waals surface area contributed by atoms with Crippen molar-refractivity contribution in [3.8, 4) is 0 Å². The van der Waals surface area contributed by atoms with Crippen LogP contribution in [0.1, 0.15) is 13.8 Å². The first-order chi connectivity index (χ1) is 13.5. The van der Waals surface area contributed by atoms with E-state index < -0.39 is 18.3 Å². The summed E-state index contributed by atoms with van der Waals surface area (Å²) in [5.74, 6) is -0.509. The van der Waals surface area contributed by atoms with Crippen molar-refractivity contribution >= 4 is 18.0 Å². The Morgan fingerprint density at radius 1 is 0.893 bits per heavy atom. The van der Waals surface area contributed by atoms with Gasteiger partial charge in [-0.15, -0.1) is 0 Å². The van der Waals surface area contributed by atoms with E-state index in [2.05, 4.69) is 0 Å². The number of urea groups is 2. The van der Waals surface area contributed by atoms with E-state index in [1.54, 1.807) is 18.1 Å². The highest BCUT2D eigenvalue weighted by Gasteiger charge is 2.59. The van der Waals surface area contributed by atoms with Crippen LogP contribution in [0.15, 0.2) is 12.2 Å². The minimum Gasteiger partial charge on any atom is -0.444 e. The highest BCUT2D eigenvalue weighted by atomic mass is 16.5. The van der Waals surface area contributed by atoms with Gasteiger partial charge in [-0.1, -0.05) is 12.2 Å². The quantitative estimate of drug-likeness (QED) is 0.282. The SMILES string of the molecule is CCN1C(=O)N(COC/C=C/COC)C2C1N(COC(C)=O)C(=O)N2COC. The lowest BCUT2D eigenvalue weighted by Crippen LogP contribution is -2.48. The van der Waals surface area contributed by atoms with Crippen molar-refractivity contribution in [3.05, 3.63) is 12.2 Å². The van der Waals surface area contributed by atoms with Crippen LogP contribution in [-0.4, -0.2) is 104 Å². The van der Waals surface area contributed by atoms with Crippen LogP contribution < -0.4 is 0 Å². The van der Waals surface area contributed by atoms with Gasteiger partial charge in [-0.2, -0.15) is 0 Å². The Labute approximate surface area is 164 Å². The van der Waals surface area contributed by atoms with Crippen molar-refractivity contribution in [3.63, 3.8) is 0 Å². The standard InChI is InChI=1S/C17H28N4O7/c1-5-18-14-15(20(16(18)23)11-27-9-7-6-8-25-3)19(10-26-4)17(24)21(14)12-28-13(2)22/h6-7,14-15H,5,8-12H2,1-4H3/b7-6+. The zero-order valence-corrected chi connectivity index (χ0v) is 16.7. The molecule has 2 heterocycles. The van der Waals surface area contributed by atoms with Crippen LogP contribution in [0.25, 0.3) is 0 Å². The van der Waals surface area contributed by atoms with Crippen LogP contribution >= 0.6 is 0 Å². The summed E-state index contributed by atoms with van der Waals surface area (Å²) in [4.78, 5) is 42.7. The van der Waals surface area contributed by atoms with Gasteiger partial charge in [0.1, 0.15) is 13.5 Å². The minimum absolute atomic E-state index is 0.00270. The van der Waals surface area contributed by atoms with Crippen LogP contribution in [0.3, 0.4) is 0 Å². The fourth-order valence-corrected chi connectivity index (χ4v) is 3.23. The number of hydrogen-bond donors (Lipinski definition) is 0. The lowest BCUT2D eigenvalue weighted by molar-refractivity contribution is -0.145. The van der Waals surface area contributed by atoms with Gasteiger partial charge in [0.05, 0.1) is 13.2 Å². The third-order valence-corrected chi connectivity index (χ3v) is 4.42.